The Morgan fingerprint density at radius 1 is 1.42 bits per heavy atom. The van der Waals surface area contributed by atoms with Crippen LogP contribution in [-0.2, 0) is 12.0 Å². The molecule has 0 saturated heterocycles. The maximum Gasteiger partial charge on any atom is 0.213 e. The van der Waals surface area contributed by atoms with E-state index in [1.54, 1.807) is 6.20 Å². The van der Waals surface area contributed by atoms with Gasteiger partial charge in [0.2, 0.25) is 11.0 Å². The number of hydrogen-bond acceptors (Lipinski definition) is 6. The number of aromatic nitrogens is 3. The van der Waals surface area contributed by atoms with E-state index in [1.165, 1.54) is 24.4 Å². The van der Waals surface area contributed by atoms with E-state index >= 15 is 0 Å². The first kappa shape index (κ1) is 12.6. The average molecular weight is 278 g/mol. The molecule has 1 fully saturated rings. The predicted octanol–water partition coefficient (Wildman–Crippen LogP) is 3.31. The van der Waals surface area contributed by atoms with E-state index in [2.05, 4.69) is 40.4 Å². The van der Waals surface area contributed by atoms with Crippen molar-refractivity contribution in [2.45, 2.75) is 51.5 Å². The van der Waals surface area contributed by atoms with E-state index in [0.29, 0.717) is 18.4 Å². The Balaban J connectivity index is 1.60. The van der Waals surface area contributed by atoms with Gasteiger partial charge in [-0.3, -0.25) is 0 Å². The topological polar surface area (TPSA) is 63.8 Å². The Hall–Kier alpha value is -1.43. The number of anilines is 1. The maximum atomic E-state index is 5.72. The molecule has 5 nitrogen and oxygen atoms in total. The van der Waals surface area contributed by atoms with Crippen LogP contribution in [0.25, 0.3) is 0 Å². The lowest BCUT2D eigenvalue weighted by Gasteiger charge is -2.13. The van der Waals surface area contributed by atoms with Crippen LogP contribution in [0.2, 0.25) is 0 Å². The van der Waals surface area contributed by atoms with Crippen LogP contribution in [-0.4, -0.2) is 14.3 Å². The van der Waals surface area contributed by atoms with Crippen molar-refractivity contribution in [2.24, 2.45) is 0 Å². The van der Waals surface area contributed by atoms with Crippen LogP contribution in [0, 0.1) is 0 Å². The molecule has 0 aliphatic heterocycles. The molecule has 3 rings (SSSR count). The van der Waals surface area contributed by atoms with E-state index in [4.69, 9.17) is 4.42 Å². The van der Waals surface area contributed by atoms with E-state index in [1.807, 2.05) is 0 Å². The first-order valence-electron chi connectivity index (χ1n) is 6.55. The Morgan fingerprint density at radius 3 is 2.84 bits per heavy atom. The summed E-state index contributed by atoms with van der Waals surface area (Å²) in [5.74, 6) is 3.17. The molecular weight excluding hydrogens is 260 g/mol. The van der Waals surface area contributed by atoms with Gasteiger partial charge < -0.3 is 9.73 Å². The van der Waals surface area contributed by atoms with Gasteiger partial charge in [-0.15, -0.1) is 0 Å². The normalized spacial score (nSPS) is 15.7. The minimum atomic E-state index is -0.00682. The molecule has 6 heteroatoms. The van der Waals surface area contributed by atoms with Crippen molar-refractivity contribution >= 4 is 16.7 Å². The molecule has 0 amide bonds. The first-order chi connectivity index (χ1) is 9.02. The van der Waals surface area contributed by atoms with Crippen molar-refractivity contribution in [3.05, 3.63) is 23.7 Å². The van der Waals surface area contributed by atoms with E-state index in [-0.39, 0.29) is 5.41 Å². The van der Waals surface area contributed by atoms with Crippen LogP contribution < -0.4 is 5.32 Å². The third-order valence-electron chi connectivity index (χ3n) is 3.07. The zero-order chi connectivity index (χ0) is 13.5. The molecule has 2 heterocycles. The Kier molecular flexibility index (Phi) is 3.05. The fourth-order valence-corrected chi connectivity index (χ4v) is 2.34. The van der Waals surface area contributed by atoms with E-state index < -0.39 is 0 Å². The second kappa shape index (κ2) is 4.59. The fraction of sp³-hybridized carbons (Fsp3) is 0.615. The van der Waals surface area contributed by atoms with E-state index in [0.717, 1.165) is 16.7 Å². The number of rotatable bonds is 4. The minimum Gasteiger partial charge on any atom is -0.443 e. The van der Waals surface area contributed by atoms with Crippen LogP contribution >= 0.6 is 11.5 Å². The molecule has 0 radical (unpaired) electrons. The van der Waals surface area contributed by atoms with Crippen molar-refractivity contribution in [3.63, 3.8) is 0 Å². The zero-order valence-electron chi connectivity index (χ0n) is 11.4. The molecule has 1 saturated carbocycles. The summed E-state index contributed by atoms with van der Waals surface area (Å²) >= 11 is 1.41. The summed E-state index contributed by atoms with van der Waals surface area (Å²) in [6.45, 7) is 6.88. The highest BCUT2D eigenvalue weighted by atomic mass is 32.1. The van der Waals surface area contributed by atoms with Gasteiger partial charge in [0.1, 0.15) is 11.6 Å². The lowest BCUT2D eigenvalue weighted by molar-refractivity contribution is 0.385. The molecule has 2 aromatic rings. The number of hydrogen-bond donors (Lipinski definition) is 1. The Morgan fingerprint density at radius 2 is 2.21 bits per heavy atom. The van der Waals surface area contributed by atoms with Crippen LogP contribution in [0.5, 0.6) is 0 Å². The number of oxazole rings is 1. The smallest absolute Gasteiger partial charge is 0.213 e. The maximum absolute atomic E-state index is 5.72. The van der Waals surface area contributed by atoms with Gasteiger partial charge in [-0.1, -0.05) is 20.8 Å². The van der Waals surface area contributed by atoms with E-state index in [9.17, 15) is 0 Å². The SMILES string of the molecule is CC(C)(C)c1cnc(CNc2nc(C3CC3)ns2)o1. The molecule has 0 bridgehead atoms. The monoisotopic (exact) mass is 278 g/mol. The molecule has 1 aliphatic carbocycles. The van der Waals surface area contributed by atoms with Gasteiger partial charge in [0, 0.05) is 22.9 Å². The summed E-state index contributed by atoms with van der Waals surface area (Å²) < 4.78 is 10.1. The molecule has 19 heavy (non-hydrogen) atoms. The standard InChI is InChI=1S/C13H18N4OS/c1-13(2,3)9-6-14-10(18-9)7-15-12-16-11(17-19-12)8-4-5-8/h6,8H,4-5,7H2,1-3H3,(H,15,16,17). The van der Waals surface area contributed by atoms with Crippen LogP contribution in [0.15, 0.2) is 10.6 Å². The van der Waals surface area contributed by atoms with Gasteiger partial charge in [0.25, 0.3) is 0 Å². The van der Waals surface area contributed by atoms with Crippen molar-refractivity contribution in [1.29, 1.82) is 0 Å². The van der Waals surface area contributed by atoms with Gasteiger partial charge in [-0.2, -0.15) is 4.37 Å². The second-order valence-corrected chi connectivity index (χ2v) is 6.71. The quantitative estimate of drug-likeness (QED) is 0.929. The minimum absolute atomic E-state index is 0.00682. The van der Waals surface area contributed by atoms with Crippen LogP contribution in [0.4, 0.5) is 5.13 Å². The number of nitrogens with one attached hydrogen (secondary N) is 1. The molecule has 102 valence electrons. The highest BCUT2D eigenvalue weighted by Gasteiger charge is 2.27. The summed E-state index contributed by atoms with van der Waals surface area (Å²) in [6.07, 6.45) is 4.25. The third kappa shape index (κ3) is 2.94. The number of nitrogens with zero attached hydrogens (tertiary/aromatic N) is 3. The molecule has 1 aliphatic rings. The Labute approximate surface area is 116 Å². The molecule has 2 aromatic heterocycles. The van der Waals surface area contributed by atoms with Gasteiger partial charge in [-0.05, 0) is 12.8 Å². The summed E-state index contributed by atoms with van der Waals surface area (Å²) in [4.78, 5) is 8.75. The predicted molar refractivity (Wildman–Crippen MR) is 74.4 cm³/mol. The van der Waals surface area contributed by atoms with Gasteiger partial charge in [-0.25, -0.2) is 9.97 Å². The molecule has 1 N–H and O–H groups in total. The highest BCUT2D eigenvalue weighted by Crippen LogP contribution is 2.39. The van der Waals surface area contributed by atoms with Crippen molar-refractivity contribution in [1.82, 2.24) is 14.3 Å². The highest BCUT2D eigenvalue weighted by molar-refractivity contribution is 7.09. The van der Waals surface area contributed by atoms with Gasteiger partial charge >= 0.3 is 0 Å². The van der Waals surface area contributed by atoms with Crippen molar-refractivity contribution in [2.75, 3.05) is 5.32 Å². The lowest BCUT2D eigenvalue weighted by Crippen LogP contribution is -2.09. The molecule has 0 aromatic carbocycles. The fourth-order valence-electron chi connectivity index (χ4n) is 1.70. The van der Waals surface area contributed by atoms with Crippen molar-refractivity contribution < 1.29 is 4.42 Å². The summed E-state index contributed by atoms with van der Waals surface area (Å²) in [5.41, 5.74) is -0.00682. The largest absolute Gasteiger partial charge is 0.443 e. The zero-order valence-corrected chi connectivity index (χ0v) is 12.3. The third-order valence-corrected chi connectivity index (χ3v) is 3.75. The average Bonchev–Trinajstić information content (AvgIpc) is 2.91. The Bertz CT molecular complexity index is 565. The van der Waals surface area contributed by atoms with Crippen LogP contribution in [0.3, 0.4) is 0 Å². The van der Waals surface area contributed by atoms with Gasteiger partial charge in [0.05, 0.1) is 12.7 Å². The van der Waals surface area contributed by atoms with Crippen LogP contribution in [0.1, 0.15) is 57.0 Å². The first-order valence-corrected chi connectivity index (χ1v) is 7.32. The van der Waals surface area contributed by atoms with Gasteiger partial charge in [0.15, 0.2) is 0 Å². The molecule has 0 unspecified atom stereocenters. The summed E-state index contributed by atoms with van der Waals surface area (Å²) in [7, 11) is 0. The molecular formula is C13H18N4OS. The second-order valence-electron chi connectivity index (χ2n) is 5.95. The summed E-state index contributed by atoms with van der Waals surface area (Å²) in [5, 5.41) is 4.06. The molecule has 0 spiro atoms. The summed E-state index contributed by atoms with van der Waals surface area (Å²) in [6, 6.07) is 0. The lowest BCUT2D eigenvalue weighted by atomic mass is 9.94. The van der Waals surface area contributed by atoms with Crippen molar-refractivity contribution in [3.8, 4) is 0 Å². The molecule has 0 atom stereocenters.